The van der Waals surface area contributed by atoms with Crippen molar-refractivity contribution in [2.24, 2.45) is 0 Å². The van der Waals surface area contributed by atoms with Gasteiger partial charge in [0.05, 0.1) is 12.2 Å². The molecule has 1 heterocycles. The molecule has 1 aliphatic rings. The van der Waals surface area contributed by atoms with Crippen molar-refractivity contribution in [2.75, 3.05) is 14.2 Å². The van der Waals surface area contributed by atoms with Crippen molar-refractivity contribution in [3.05, 3.63) is 0 Å². The van der Waals surface area contributed by atoms with Crippen LogP contribution in [0, 0.1) is 0 Å². The molecule has 0 aromatic heterocycles. The number of methoxy groups -OCH3 is 2. The minimum absolute atomic E-state index is 0.0959. The molecule has 1 aliphatic heterocycles. The predicted octanol–water partition coefficient (Wildman–Crippen LogP) is 0.185. The van der Waals surface area contributed by atoms with Gasteiger partial charge >= 0.3 is 0 Å². The van der Waals surface area contributed by atoms with Gasteiger partial charge in [0.2, 0.25) is 0 Å². The molecule has 0 bridgehead atoms. The van der Waals surface area contributed by atoms with Crippen LogP contribution >= 0.6 is 0 Å². The molecule has 1 fully saturated rings. The number of hydrogen-bond donors (Lipinski definition) is 1. The topological polar surface area (TPSA) is 47.9 Å². The van der Waals surface area contributed by atoms with Gasteiger partial charge in [-0.05, 0) is 13.8 Å². The molecular weight excluding hydrogens is 172 g/mol. The summed E-state index contributed by atoms with van der Waals surface area (Å²) in [5.74, 6) is 0. The van der Waals surface area contributed by atoms with Gasteiger partial charge < -0.3 is 19.3 Å². The van der Waals surface area contributed by atoms with Gasteiger partial charge in [0.15, 0.2) is 0 Å². The quantitative estimate of drug-likeness (QED) is 0.675. The summed E-state index contributed by atoms with van der Waals surface area (Å²) in [7, 11) is 3.13. The van der Waals surface area contributed by atoms with Crippen molar-refractivity contribution in [2.45, 2.75) is 44.4 Å². The summed E-state index contributed by atoms with van der Waals surface area (Å²) in [5.41, 5.74) is 0. The largest absolute Gasteiger partial charge is 0.387 e. The first-order chi connectivity index (χ1) is 6.11. The molecule has 0 aromatic rings. The number of rotatable bonds is 2. The van der Waals surface area contributed by atoms with Gasteiger partial charge in [0.25, 0.3) is 0 Å². The Balaban J connectivity index is 2.69. The van der Waals surface area contributed by atoms with E-state index in [0.29, 0.717) is 0 Å². The Morgan fingerprint density at radius 1 is 1.00 bits per heavy atom. The van der Waals surface area contributed by atoms with E-state index in [9.17, 15) is 5.11 Å². The van der Waals surface area contributed by atoms with Crippen LogP contribution in [0.5, 0.6) is 0 Å². The van der Waals surface area contributed by atoms with Crippen molar-refractivity contribution in [3.8, 4) is 0 Å². The van der Waals surface area contributed by atoms with E-state index < -0.39 is 6.10 Å². The van der Waals surface area contributed by atoms with Gasteiger partial charge in [0.1, 0.15) is 18.3 Å². The molecule has 13 heavy (non-hydrogen) atoms. The second-order valence-electron chi connectivity index (χ2n) is 3.44. The SMILES string of the molecule is CO[C@H]1C(C)O[C@@H](C)[C@H](OC)C1O. The van der Waals surface area contributed by atoms with E-state index in [2.05, 4.69) is 0 Å². The Labute approximate surface area is 78.8 Å². The maximum Gasteiger partial charge on any atom is 0.111 e. The maximum atomic E-state index is 9.84. The van der Waals surface area contributed by atoms with Crippen LogP contribution in [0.15, 0.2) is 0 Å². The fourth-order valence-electron chi connectivity index (χ4n) is 1.90. The van der Waals surface area contributed by atoms with E-state index >= 15 is 0 Å². The van der Waals surface area contributed by atoms with Crippen molar-refractivity contribution >= 4 is 0 Å². The molecule has 0 radical (unpaired) electrons. The van der Waals surface area contributed by atoms with Crippen LogP contribution in [0.25, 0.3) is 0 Å². The molecule has 0 aromatic carbocycles. The summed E-state index contributed by atoms with van der Waals surface area (Å²) in [5, 5.41) is 9.84. The third kappa shape index (κ3) is 2.02. The number of aliphatic hydroxyl groups excluding tert-OH is 1. The molecule has 0 saturated carbocycles. The van der Waals surface area contributed by atoms with Gasteiger partial charge in [-0.3, -0.25) is 0 Å². The lowest BCUT2D eigenvalue weighted by molar-refractivity contribution is -0.226. The average Bonchev–Trinajstić information content (AvgIpc) is 2.04. The zero-order valence-electron chi connectivity index (χ0n) is 8.56. The highest BCUT2D eigenvalue weighted by atomic mass is 16.6. The first-order valence-electron chi connectivity index (χ1n) is 4.51. The van der Waals surface area contributed by atoms with Crippen LogP contribution < -0.4 is 0 Å². The number of hydrogen-bond acceptors (Lipinski definition) is 4. The third-order valence-corrected chi connectivity index (χ3v) is 2.57. The Hall–Kier alpha value is -0.160. The Kier molecular flexibility index (Phi) is 3.67. The molecule has 0 aliphatic carbocycles. The fraction of sp³-hybridized carbons (Fsp3) is 1.00. The molecular formula is C9H18O4. The standard InChI is InChI=1S/C9H18O4/c1-5-8(11-3)7(10)9(12-4)6(2)13-5/h5-10H,1-4H3/t5-,6?,7?,8-,9-/m0/s1. The summed E-state index contributed by atoms with van der Waals surface area (Å²) < 4.78 is 15.8. The fourth-order valence-corrected chi connectivity index (χ4v) is 1.90. The average molecular weight is 190 g/mol. The third-order valence-electron chi connectivity index (χ3n) is 2.57. The van der Waals surface area contributed by atoms with Crippen molar-refractivity contribution in [1.29, 1.82) is 0 Å². The van der Waals surface area contributed by atoms with E-state index in [1.54, 1.807) is 14.2 Å². The van der Waals surface area contributed by atoms with Gasteiger partial charge in [-0.25, -0.2) is 0 Å². The van der Waals surface area contributed by atoms with E-state index in [1.807, 2.05) is 13.8 Å². The van der Waals surface area contributed by atoms with Crippen LogP contribution in [0.4, 0.5) is 0 Å². The lowest BCUT2D eigenvalue weighted by Crippen LogP contribution is -2.57. The predicted molar refractivity (Wildman–Crippen MR) is 47.6 cm³/mol. The number of ether oxygens (including phenoxy) is 3. The van der Waals surface area contributed by atoms with Crippen LogP contribution in [-0.2, 0) is 14.2 Å². The van der Waals surface area contributed by atoms with Crippen molar-refractivity contribution in [1.82, 2.24) is 0 Å². The molecule has 1 N–H and O–H groups in total. The Morgan fingerprint density at radius 2 is 1.38 bits per heavy atom. The molecule has 78 valence electrons. The smallest absolute Gasteiger partial charge is 0.111 e. The molecule has 2 unspecified atom stereocenters. The number of aliphatic hydroxyl groups is 1. The molecule has 0 spiro atoms. The van der Waals surface area contributed by atoms with E-state index in [1.165, 1.54) is 0 Å². The summed E-state index contributed by atoms with van der Waals surface area (Å²) in [6.07, 6.45) is -1.42. The normalized spacial score (nSPS) is 46.4. The molecule has 1 saturated heterocycles. The summed E-state index contributed by atoms with van der Waals surface area (Å²) in [4.78, 5) is 0. The van der Waals surface area contributed by atoms with Gasteiger partial charge in [-0.15, -0.1) is 0 Å². The summed E-state index contributed by atoms with van der Waals surface area (Å²) in [6.45, 7) is 3.78. The van der Waals surface area contributed by atoms with E-state index in [-0.39, 0.29) is 24.4 Å². The van der Waals surface area contributed by atoms with Crippen molar-refractivity contribution in [3.63, 3.8) is 0 Å². The first kappa shape index (κ1) is 10.9. The van der Waals surface area contributed by atoms with Crippen LogP contribution in [0.1, 0.15) is 13.8 Å². The summed E-state index contributed by atoms with van der Waals surface area (Å²) >= 11 is 0. The first-order valence-corrected chi connectivity index (χ1v) is 4.51. The molecule has 0 amide bonds. The van der Waals surface area contributed by atoms with Crippen molar-refractivity contribution < 1.29 is 19.3 Å². The lowest BCUT2D eigenvalue weighted by atomic mass is 9.96. The zero-order chi connectivity index (χ0) is 10.0. The highest BCUT2D eigenvalue weighted by Gasteiger charge is 2.41. The van der Waals surface area contributed by atoms with E-state index in [0.717, 1.165) is 0 Å². The highest BCUT2D eigenvalue weighted by Crippen LogP contribution is 2.24. The molecule has 1 rings (SSSR count). The van der Waals surface area contributed by atoms with E-state index in [4.69, 9.17) is 14.2 Å². The van der Waals surface area contributed by atoms with Crippen LogP contribution in [-0.4, -0.2) is 49.8 Å². The lowest BCUT2D eigenvalue weighted by Gasteiger charge is -2.41. The molecule has 5 atom stereocenters. The Morgan fingerprint density at radius 3 is 1.69 bits per heavy atom. The second kappa shape index (κ2) is 4.37. The molecule has 4 heteroatoms. The van der Waals surface area contributed by atoms with Crippen LogP contribution in [0.2, 0.25) is 0 Å². The monoisotopic (exact) mass is 190 g/mol. The minimum atomic E-state index is -0.617. The van der Waals surface area contributed by atoms with Gasteiger partial charge in [-0.2, -0.15) is 0 Å². The highest BCUT2D eigenvalue weighted by molar-refractivity contribution is 4.90. The minimum Gasteiger partial charge on any atom is -0.387 e. The Bertz CT molecular complexity index is 146. The summed E-state index contributed by atoms with van der Waals surface area (Å²) in [6, 6.07) is 0. The second-order valence-corrected chi connectivity index (χ2v) is 3.44. The van der Waals surface area contributed by atoms with Gasteiger partial charge in [-0.1, -0.05) is 0 Å². The maximum absolute atomic E-state index is 9.84. The molecule has 4 nitrogen and oxygen atoms in total. The van der Waals surface area contributed by atoms with Crippen LogP contribution in [0.3, 0.4) is 0 Å². The van der Waals surface area contributed by atoms with Gasteiger partial charge in [0, 0.05) is 14.2 Å². The zero-order valence-corrected chi connectivity index (χ0v) is 8.56.